The summed E-state index contributed by atoms with van der Waals surface area (Å²) >= 11 is 0. The van der Waals surface area contributed by atoms with Gasteiger partial charge < -0.3 is 19.7 Å². The monoisotopic (exact) mass is 264 g/mol. The molecule has 1 amide bonds. The molecule has 104 valence electrons. The minimum absolute atomic E-state index is 0.0592. The minimum Gasteiger partial charge on any atom is -0.495 e. The minimum atomic E-state index is -0.427. The van der Waals surface area contributed by atoms with Crippen LogP contribution < -0.4 is 15.0 Å². The second kappa shape index (κ2) is 6.04. The van der Waals surface area contributed by atoms with E-state index in [1.807, 2.05) is 25.1 Å². The number of hydrogen-bond acceptors (Lipinski definition) is 4. The quantitative estimate of drug-likeness (QED) is 0.883. The van der Waals surface area contributed by atoms with Crippen LogP contribution in [0.5, 0.6) is 5.75 Å². The van der Waals surface area contributed by atoms with E-state index in [1.54, 1.807) is 19.1 Å². The van der Waals surface area contributed by atoms with Crippen LogP contribution in [0.2, 0.25) is 0 Å². The van der Waals surface area contributed by atoms with Gasteiger partial charge in [0.25, 0.3) is 5.91 Å². The molecule has 1 unspecified atom stereocenters. The third-order valence-corrected chi connectivity index (χ3v) is 3.23. The van der Waals surface area contributed by atoms with Crippen LogP contribution in [-0.4, -0.2) is 45.9 Å². The van der Waals surface area contributed by atoms with Gasteiger partial charge in [0, 0.05) is 20.1 Å². The molecule has 5 heteroatoms. The lowest BCUT2D eigenvalue weighted by Crippen LogP contribution is -2.48. The molecule has 1 aliphatic heterocycles. The van der Waals surface area contributed by atoms with Crippen LogP contribution in [0.15, 0.2) is 18.2 Å². The van der Waals surface area contributed by atoms with Crippen molar-refractivity contribution in [3.05, 3.63) is 23.8 Å². The molecule has 1 N–H and O–H groups in total. The Morgan fingerprint density at radius 2 is 2.32 bits per heavy atom. The van der Waals surface area contributed by atoms with Crippen LogP contribution in [0.1, 0.15) is 5.56 Å². The van der Waals surface area contributed by atoms with Crippen molar-refractivity contribution in [1.82, 2.24) is 5.32 Å². The largest absolute Gasteiger partial charge is 0.495 e. The first-order valence-corrected chi connectivity index (χ1v) is 6.38. The Bertz CT molecular complexity index is 456. The van der Waals surface area contributed by atoms with Crippen molar-refractivity contribution in [1.29, 1.82) is 0 Å². The highest BCUT2D eigenvalue weighted by atomic mass is 16.5. The summed E-state index contributed by atoms with van der Waals surface area (Å²) in [6, 6.07) is 5.76. The molecule has 1 aromatic carbocycles. The maximum Gasteiger partial charge on any atom is 0.257 e. The van der Waals surface area contributed by atoms with E-state index < -0.39 is 6.10 Å². The van der Waals surface area contributed by atoms with Gasteiger partial charge in [0.2, 0.25) is 0 Å². The number of nitrogens with one attached hydrogen (secondary N) is 1. The average Bonchev–Trinajstić information content (AvgIpc) is 2.46. The molecule has 1 atom stereocenters. The van der Waals surface area contributed by atoms with Crippen molar-refractivity contribution in [2.45, 2.75) is 13.0 Å². The molecule has 1 fully saturated rings. The maximum absolute atomic E-state index is 12.4. The van der Waals surface area contributed by atoms with Gasteiger partial charge in [0.05, 0.1) is 19.4 Å². The van der Waals surface area contributed by atoms with Crippen LogP contribution in [-0.2, 0) is 9.53 Å². The lowest BCUT2D eigenvalue weighted by Gasteiger charge is -2.28. The Kier molecular flexibility index (Phi) is 4.39. The van der Waals surface area contributed by atoms with Gasteiger partial charge in [-0.15, -0.1) is 0 Å². The molecule has 5 nitrogen and oxygen atoms in total. The lowest BCUT2D eigenvalue weighted by atomic mass is 10.1. The van der Waals surface area contributed by atoms with Crippen LogP contribution in [0.3, 0.4) is 0 Å². The molecular weight excluding hydrogens is 244 g/mol. The molecule has 1 saturated heterocycles. The molecule has 0 radical (unpaired) electrons. The summed E-state index contributed by atoms with van der Waals surface area (Å²) in [4.78, 5) is 14.0. The second-order valence-electron chi connectivity index (χ2n) is 4.64. The van der Waals surface area contributed by atoms with Gasteiger partial charge in [-0.3, -0.25) is 4.79 Å². The summed E-state index contributed by atoms with van der Waals surface area (Å²) in [5, 5.41) is 3.16. The Balaban J connectivity index is 2.20. The van der Waals surface area contributed by atoms with E-state index in [-0.39, 0.29) is 5.91 Å². The third-order valence-electron chi connectivity index (χ3n) is 3.23. The highest BCUT2D eigenvalue weighted by Gasteiger charge is 2.26. The number of aryl methyl sites for hydroxylation is 1. The molecule has 2 rings (SSSR count). The molecule has 0 bridgehead atoms. The van der Waals surface area contributed by atoms with Gasteiger partial charge in [-0.25, -0.2) is 0 Å². The van der Waals surface area contributed by atoms with Gasteiger partial charge in [-0.05, 0) is 24.6 Å². The summed E-state index contributed by atoms with van der Waals surface area (Å²) in [6.45, 7) is 3.90. The highest BCUT2D eigenvalue weighted by molar-refractivity contribution is 5.97. The van der Waals surface area contributed by atoms with E-state index >= 15 is 0 Å². The molecule has 0 saturated carbocycles. The zero-order valence-corrected chi connectivity index (χ0v) is 11.6. The van der Waals surface area contributed by atoms with E-state index in [4.69, 9.17) is 9.47 Å². The summed E-state index contributed by atoms with van der Waals surface area (Å²) in [5.74, 6) is 0.626. The van der Waals surface area contributed by atoms with E-state index in [0.717, 1.165) is 17.8 Å². The van der Waals surface area contributed by atoms with Gasteiger partial charge in [-0.1, -0.05) is 6.07 Å². The molecule has 1 aliphatic rings. The summed E-state index contributed by atoms with van der Waals surface area (Å²) < 4.78 is 10.8. The standard InChI is InChI=1S/C14H20N2O3/c1-10-4-5-12(18-3)11(8-10)16(2)14(17)13-9-15-6-7-19-13/h4-5,8,13,15H,6-7,9H2,1-3H3. The van der Waals surface area contributed by atoms with Crippen molar-refractivity contribution in [2.75, 3.05) is 38.8 Å². The zero-order chi connectivity index (χ0) is 13.8. The Labute approximate surface area is 113 Å². The lowest BCUT2D eigenvalue weighted by molar-refractivity contribution is -0.131. The number of carbonyl (C=O) groups is 1. The third kappa shape index (κ3) is 3.05. The van der Waals surface area contributed by atoms with Crippen LogP contribution in [0.4, 0.5) is 5.69 Å². The first-order chi connectivity index (χ1) is 9.13. The van der Waals surface area contributed by atoms with Crippen LogP contribution in [0.25, 0.3) is 0 Å². The molecule has 1 heterocycles. The van der Waals surface area contributed by atoms with Crippen molar-refractivity contribution in [2.24, 2.45) is 0 Å². The van der Waals surface area contributed by atoms with Crippen molar-refractivity contribution < 1.29 is 14.3 Å². The highest BCUT2D eigenvalue weighted by Crippen LogP contribution is 2.29. The van der Waals surface area contributed by atoms with Crippen LogP contribution >= 0.6 is 0 Å². The average molecular weight is 264 g/mol. The van der Waals surface area contributed by atoms with Gasteiger partial charge >= 0.3 is 0 Å². The van der Waals surface area contributed by atoms with Crippen LogP contribution in [0, 0.1) is 6.92 Å². The number of amides is 1. The number of likely N-dealkylation sites (N-methyl/N-ethyl adjacent to an activating group) is 1. The number of rotatable bonds is 3. The number of methoxy groups -OCH3 is 1. The Morgan fingerprint density at radius 1 is 1.53 bits per heavy atom. The molecule has 0 spiro atoms. The smallest absolute Gasteiger partial charge is 0.257 e. The normalized spacial score (nSPS) is 19.0. The van der Waals surface area contributed by atoms with Gasteiger partial charge in [-0.2, -0.15) is 0 Å². The van der Waals surface area contributed by atoms with E-state index in [1.165, 1.54) is 0 Å². The van der Waals surface area contributed by atoms with Crippen molar-refractivity contribution in [3.8, 4) is 5.75 Å². The molecule has 0 aliphatic carbocycles. The second-order valence-corrected chi connectivity index (χ2v) is 4.64. The van der Waals surface area contributed by atoms with E-state index in [0.29, 0.717) is 18.9 Å². The Morgan fingerprint density at radius 3 is 2.95 bits per heavy atom. The zero-order valence-electron chi connectivity index (χ0n) is 11.6. The summed E-state index contributed by atoms with van der Waals surface area (Å²) in [6.07, 6.45) is -0.427. The van der Waals surface area contributed by atoms with Crippen molar-refractivity contribution in [3.63, 3.8) is 0 Å². The number of benzene rings is 1. The number of anilines is 1. The topological polar surface area (TPSA) is 50.8 Å². The fraction of sp³-hybridized carbons (Fsp3) is 0.500. The fourth-order valence-corrected chi connectivity index (χ4v) is 2.12. The number of nitrogens with zero attached hydrogens (tertiary/aromatic N) is 1. The van der Waals surface area contributed by atoms with Gasteiger partial charge in [0.1, 0.15) is 11.9 Å². The molecule has 19 heavy (non-hydrogen) atoms. The Hall–Kier alpha value is -1.59. The molecule has 1 aromatic rings. The fourth-order valence-electron chi connectivity index (χ4n) is 2.12. The molecule has 0 aromatic heterocycles. The maximum atomic E-state index is 12.4. The first-order valence-electron chi connectivity index (χ1n) is 6.38. The summed E-state index contributed by atoms with van der Waals surface area (Å²) in [5.41, 5.74) is 1.85. The number of morpholine rings is 1. The SMILES string of the molecule is COc1ccc(C)cc1N(C)C(=O)C1CNCCO1. The number of ether oxygens (including phenoxy) is 2. The number of hydrogen-bond donors (Lipinski definition) is 1. The number of carbonyl (C=O) groups excluding carboxylic acids is 1. The first kappa shape index (κ1) is 13.8. The van der Waals surface area contributed by atoms with Gasteiger partial charge in [0.15, 0.2) is 0 Å². The van der Waals surface area contributed by atoms with Crippen molar-refractivity contribution >= 4 is 11.6 Å². The van der Waals surface area contributed by atoms with E-state index in [9.17, 15) is 4.79 Å². The van der Waals surface area contributed by atoms with E-state index in [2.05, 4.69) is 5.32 Å². The predicted molar refractivity (Wildman–Crippen MR) is 73.8 cm³/mol. The summed E-state index contributed by atoms with van der Waals surface area (Å²) in [7, 11) is 3.35. The molecular formula is C14H20N2O3. The predicted octanol–water partition coefficient (Wildman–Crippen LogP) is 0.955.